The summed E-state index contributed by atoms with van der Waals surface area (Å²) in [5.41, 5.74) is 12.6. The Labute approximate surface area is 120 Å². The second-order valence-corrected chi connectivity index (χ2v) is 4.89. The molecule has 3 rings (SSSR count). The highest BCUT2D eigenvalue weighted by molar-refractivity contribution is 7.81. The fraction of sp³-hybridized carbons (Fsp3) is 0.0769. The molecule has 0 spiro atoms. The highest BCUT2D eigenvalue weighted by Crippen LogP contribution is 2.26. The molecule has 1 amide bonds. The van der Waals surface area contributed by atoms with Gasteiger partial charge in [-0.15, -0.1) is 12.6 Å². The van der Waals surface area contributed by atoms with E-state index in [2.05, 4.69) is 22.9 Å². The summed E-state index contributed by atoms with van der Waals surface area (Å²) < 4.78 is 0. The van der Waals surface area contributed by atoms with Crippen LogP contribution >= 0.6 is 12.6 Å². The number of carbonyl (C=O) groups is 1. The number of fused-ring (bicyclic) bond motifs is 1. The maximum atomic E-state index is 11.5. The van der Waals surface area contributed by atoms with Crippen molar-refractivity contribution in [1.29, 1.82) is 0 Å². The number of benzene rings is 1. The molecule has 7 heteroatoms. The quantitative estimate of drug-likeness (QED) is 0.572. The number of hydrogen-bond acceptors (Lipinski definition) is 6. The van der Waals surface area contributed by atoms with E-state index in [4.69, 9.17) is 11.5 Å². The number of nitrogens with one attached hydrogen (secondary N) is 1. The lowest BCUT2D eigenvalue weighted by atomic mass is 10.2. The zero-order valence-corrected chi connectivity index (χ0v) is 11.3. The van der Waals surface area contributed by atoms with Gasteiger partial charge in [-0.05, 0) is 12.1 Å². The molecule has 0 saturated carbocycles. The number of carbonyl (C=O) groups excluding carboxylic acids is 1. The SMILES string of the molecule is NC1=C(N)N(c2cnc3ccccc3c2)C(S)NC1=O. The molecular formula is C13H13N5OS. The van der Waals surface area contributed by atoms with Crippen LogP contribution < -0.4 is 21.7 Å². The van der Waals surface area contributed by atoms with E-state index < -0.39 is 11.4 Å². The highest BCUT2D eigenvalue weighted by atomic mass is 32.1. The number of pyridine rings is 1. The van der Waals surface area contributed by atoms with E-state index in [1.165, 1.54) is 0 Å². The molecule has 2 aromatic rings. The number of hydrogen-bond donors (Lipinski definition) is 4. The average Bonchev–Trinajstić information content (AvgIpc) is 2.45. The van der Waals surface area contributed by atoms with Crippen molar-refractivity contribution in [3.05, 3.63) is 48.0 Å². The molecule has 102 valence electrons. The molecule has 1 aromatic carbocycles. The topological polar surface area (TPSA) is 97.3 Å². The Morgan fingerprint density at radius 1 is 1.30 bits per heavy atom. The van der Waals surface area contributed by atoms with Crippen LogP contribution in [-0.2, 0) is 4.79 Å². The molecule has 1 aliphatic heterocycles. The monoisotopic (exact) mass is 287 g/mol. The largest absolute Gasteiger partial charge is 0.391 e. The Balaban J connectivity index is 2.12. The van der Waals surface area contributed by atoms with Gasteiger partial charge in [0.15, 0.2) is 5.50 Å². The molecule has 6 nitrogen and oxygen atoms in total. The molecule has 0 saturated heterocycles. The number of para-hydroxylation sites is 1. The standard InChI is InChI=1S/C13H13N5OS/c14-10-11(15)18(13(20)17-12(10)19)8-5-7-3-1-2-4-9(7)16-6-8/h1-6,13,20H,14-15H2,(H,17,19). The maximum Gasteiger partial charge on any atom is 0.273 e. The first-order chi connectivity index (χ1) is 9.58. The Kier molecular flexibility index (Phi) is 2.90. The minimum absolute atomic E-state index is 0.0246. The van der Waals surface area contributed by atoms with Crippen LogP contribution in [0.4, 0.5) is 5.69 Å². The van der Waals surface area contributed by atoms with E-state index in [9.17, 15) is 4.79 Å². The normalized spacial score (nSPS) is 19.4. The van der Waals surface area contributed by atoms with Gasteiger partial charge in [0.25, 0.3) is 5.91 Å². The molecule has 1 unspecified atom stereocenters. The summed E-state index contributed by atoms with van der Waals surface area (Å²) in [6.45, 7) is 0. The van der Waals surface area contributed by atoms with Gasteiger partial charge < -0.3 is 16.8 Å². The van der Waals surface area contributed by atoms with Crippen LogP contribution in [0.3, 0.4) is 0 Å². The van der Waals surface area contributed by atoms with E-state index in [1.807, 2.05) is 30.3 Å². The van der Waals surface area contributed by atoms with E-state index in [-0.39, 0.29) is 11.5 Å². The lowest BCUT2D eigenvalue weighted by molar-refractivity contribution is -0.118. The first-order valence-corrected chi connectivity index (χ1v) is 6.48. The zero-order valence-electron chi connectivity index (χ0n) is 10.4. The van der Waals surface area contributed by atoms with Crippen LogP contribution in [0.25, 0.3) is 10.9 Å². The van der Waals surface area contributed by atoms with Gasteiger partial charge >= 0.3 is 0 Å². The van der Waals surface area contributed by atoms with Gasteiger partial charge in [-0.3, -0.25) is 14.7 Å². The maximum absolute atomic E-state index is 11.5. The van der Waals surface area contributed by atoms with Crippen LogP contribution in [0, 0.1) is 0 Å². The van der Waals surface area contributed by atoms with Crippen molar-refractivity contribution in [3.63, 3.8) is 0 Å². The van der Waals surface area contributed by atoms with Crippen molar-refractivity contribution in [2.24, 2.45) is 11.5 Å². The number of amides is 1. The Morgan fingerprint density at radius 2 is 2.05 bits per heavy atom. The minimum atomic E-state index is -0.585. The first kappa shape index (κ1) is 12.6. The summed E-state index contributed by atoms with van der Waals surface area (Å²) in [6, 6.07) is 9.64. The number of thiol groups is 1. The summed E-state index contributed by atoms with van der Waals surface area (Å²) in [5, 5.41) is 3.58. The van der Waals surface area contributed by atoms with E-state index >= 15 is 0 Å². The second kappa shape index (κ2) is 4.61. The smallest absolute Gasteiger partial charge is 0.273 e. The van der Waals surface area contributed by atoms with Gasteiger partial charge in [-0.2, -0.15) is 0 Å². The van der Waals surface area contributed by atoms with Gasteiger partial charge in [-0.25, -0.2) is 0 Å². The molecule has 5 N–H and O–H groups in total. The zero-order chi connectivity index (χ0) is 14.3. The summed E-state index contributed by atoms with van der Waals surface area (Å²) in [4.78, 5) is 17.5. The second-order valence-electron chi connectivity index (χ2n) is 4.40. The fourth-order valence-corrected chi connectivity index (χ4v) is 2.48. The number of nitrogens with two attached hydrogens (primary N) is 2. The number of rotatable bonds is 1. The summed E-state index contributed by atoms with van der Waals surface area (Å²) in [7, 11) is 0. The lowest BCUT2D eigenvalue weighted by Crippen LogP contribution is -2.53. The summed E-state index contributed by atoms with van der Waals surface area (Å²) >= 11 is 4.32. The van der Waals surface area contributed by atoms with Crippen LogP contribution in [-0.4, -0.2) is 16.4 Å². The van der Waals surface area contributed by atoms with Gasteiger partial charge in [0.1, 0.15) is 11.5 Å². The third-order valence-electron chi connectivity index (χ3n) is 3.14. The lowest BCUT2D eigenvalue weighted by Gasteiger charge is -2.35. The summed E-state index contributed by atoms with van der Waals surface area (Å²) in [6.07, 6.45) is 1.67. The Morgan fingerprint density at radius 3 is 2.85 bits per heavy atom. The Bertz CT molecular complexity index is 730. The van der Waals surface area contributed by atoms with E-state index in [1.54, 1.807) is 11.1 Å². The minimum Gasteiger partial charge on any atom is -0.391 e. The highest BCUT2D eigenvalue weighted by Gasteiger charge is 2.29. The number of aromatic nitrogens is 1. The predicted octanol–water partition coefficient (Wildman–Crippen LogP) is 0.471. The van der Waals surface area contributed by atoms with Crippen LogP contribution in [0.2, 0.25) is 0 Å². The molecule has 1 aliphatic rings. The Hall–Kier alpha value is -2.41. The molecule has 0 aliphatic carbocycles. The van der Waals surface area contributed by atoms with Crippen LogP contribution in [0.15, 0.2) is 48.0 Å². The van der Waals surface area contributed by atoms with Gasteiger partial charge in [0.05, 0.1) is 17.4 Å². The van der Waals surface area contributed by atoms with Crippen LogP contribution in [0.5, 0.6) is 0 Å². The van der Waals surface area contributed by atoms with Gasteiger partial charge in [-0.1, -0.05) is 18.2 Å². The van der Waals surface area contributed by atoms with Gasteiger partial charge in [0, 0.05) is 5.39 Å². The predicted molar refractivity (Wildman–Crippen MR) is 80.5 cm³/mol. The van der Waals surface area contributed by atoms with E-state index in [0.29, 0.717) is 5.69 Å². The molecule has 20 heavy (non-hydrogen) atoms. The molecule has 1 atom stereocenters. The number of nitrogens with zero attached hydrogens (tertiary/aromatic N) is 2. The molecule has 2 heterocycles. The van der Waals surface area contributed by atoms with E-state index in [0.717, 1.165) is 10.9 Å². The number of anilines is 1. The van der Waals surface area contributed by atoms with Crippen molar-refractivity contribution >= 4 is 35.1 Å². The van der Waals surface area contributed by atoms with Crippen LogP contribution in [0.1, 0.15) is 0 Å². The van der Waals surface area contributed by atoms with Crippen molar-refractivity contribution in [3.8, 4) is 0 Å². The van der Waals surface area contributed by atoms with Crippen molar-refractivity contribution < 1.29 is 4.79 Å². The fourth-order valence-electron chi connectivity index (χ4n) is 2.11. The van der Waals surface area contributed by atoms with Crippen molar-refractivity contribution in [2.75, 3.05) is 4.90 Å². The summed E-state index contributed by atoms with van der Waals surface area (Å²) in [5.74, 6) is -0.252. The average molecular weight is 287 g/mol. The van der Waals surface area contributed by atoms with Crippen molar-refractivity contribution in [2.45, 2.75) is 5.50 Å². The van der Waals surface area contributed by atoms with Gasteiger partial charge in [0.2, 0.25) is 0 Å². The first-order valence-electron chi connectivity index (χ1n) is 5.96. The molecule has 0 radical (unpaired) electrons. The molecule has 0 fully saturated rings. The molecular weight excluding hydrogens is 274 g/mol. The molecule has 1 aromatic heterocycles. The third kappa shape index (κ3) is 1.92. The van der Waals surface area contributed by atoms with Crippen molar-refractivity contribution in [1.82, 2.24) is 10.3 Å². The molecule has 0 bridgehead atoms. The third-order valence-corrected chi connectivity index (χ3v) is 3.50.